The van der Waals surface area contributed by atoms with E-state index in [0.717, 1.165) is 5.69 Å². The molecule has 1 aromatic carbocycles. The van der Waals surface area contributed by atoms with Crippen LogP contribution in [0.25, 0.3) is 0 Å². The third-order valence-electron chi connectivity index (χ3n) is 2.71. The van der Waals surface area contributed by atoms with Gasteiger partial charge in [-0.2, -0.15) is 0 Å². The number of nitrogens with one attached hydrogen (secondary N) is 1. The highest BCUT2D eigenvalue weighted by atomic mass is 16.5. The molecule has 0 radical (unpaired) electrons. The van der Waals surface area contributed by atoms with Gasteiger partial charge in [0.1, 0.15) is 6.23 Å². The zero-order valence-electron chi connectivity index (χ0n) is 8.73. The van der Waals surface area contributed by atoms with Crippen molar-refractivity contribution in [2.24, 2.45) is 5.41 Å². The van der Waals surface area contributed by atoms with Gasteiger partial charge in [-0.25, -0.2) is 0 Å². The van der Waals surface area contributed by atoms with Crippen LogP contribution in [-0.2, 0) is 4.74 Å². The van der Waals surface area contributed by atoms with E-state index in [-0.39, 0.29) is 5.41 Å². The van der Waals surface area contributed by atoms with Crippen molar-refractivity contribution in [3.63, 3.8) is 0 Å². The molecule has 0 bridgehead atoms. The summed E-state index contributed by atoms with van der Waals surface area (Å²) in [5.74, 6) is 0. The average molecular weight is 208 g/mol. The summed E-state index contributed by atoms with van der Waals surface area (Å²) in [6.45, 7) is 3.16. The van der Waals surface area contributed by atoms with E-state index < -0.39 is 6.23 Å². The Morgan fingerprint density at radius 3 is 2.80 bits per heavy atom. The summed E-state index contributed by atoms with van der Waals surface area (Å²) in [5.41, 5.74) is 6.97. The lowest BCUT2D eigenvalue weighted by Crippen LogP contribution is -2.52. The van der Waals surface area contributed by atoms with Crippen LogP contribution in [0.5, 0.6) is 0 Å². The highest BCUT2D eigenvalue weighted by Crippen LogP contribution is 2.31. The van der Waals surface area contributed by atoms with Crippen LogP contribution in [0.1, 0.15) is 6.92 Å². The molecule has 1 heterocycles. The van der Waals surface area contributed by atoms with Gasteiger partial charge in [-0.05, 0) is 18.2 Å². The van der Waals surface area contributed by atoms with Crippen molar-refractivity contribution in [3.8, 4) is 0 Å². The lowest BCUT2D eigenvalue weighted by atomic mass is 9.86. The van der Waals surface area contributed by atoms with Crippen LogP contribution < -0.4 is 11.1 Å². The van der Waals surface area contributed by atoms with Crippen molar-refractivity contribution in [1.29, 1.82) is 0 Å². The second-order valence-electron chi connectivity index (χ2n) is 4.32. The topological polar surface area (TPSA) is 67.5 Å². The average Bonchev–Trinajstić information content (AvgIpc) is 2.14. The van der Waals surface area contributed by atoms with Crippen molar-refractivity contribution in [2.45, 2.75) is 13.2 Å². The summed E-state index contributed by atoms with van der Waals surface area (Å²) in [6.07, 6.45) is -0.604. The Morgan fingerprint density at radius 2 is 2.27 bits per heavy atom. The summed E-state index contributed by atoms with van der Waals surface area (Å²) < 4.78 is 5.10. The molecule has 1 aliphatic heterocycles. The molecular formula is C11H16N2O2. The van der Waals surface area contributed by atoms with Gasteiger partial charge in [0.05, 0.1) is 18.6 Å². The van der Waals surface area contributed by atoms with Crippen LogP contribution in [0, 0.1) is 5.41 Å². The molecule has 1 unspecified atom stereocenters. The van der Waals surface area contributed by atoms with E-state index >= 15 is 0 Å². The first-order chi connectivity index (χ1) is 7.10. The number of rotatable bonds is 3. The fourth-order valence-corrected chi connectivity index (χ4v) is 1.54. The largest absolute Gasteiger partial charge is 0.399 e. The molecule has 0 aromatic heterocycles. The Labute approximate surface area is 89.0 Å². The molecule has 2 rings (SSSR count). The lowest BCUT2D eigenvalue weighted by molar-refractivity contribution is -0.152. The molecule has 4 N–H and O–H groups in total. The van der Waals surface area contributed by atoms with E-state index in [1.54, 1.807) is 6.07 Å². The van der Waals surface area contributed by atoms with E-state index in [9.17, 15) is 5.11 Å². The zero-order valence-corrected chi connectivity index (χ0v) is 8.73. The van der Waals surface area contributed by atoms with Crippen molar-refractivity contribution in [3.05, 3.63) is 24.3 Å². The maximum Gasteiger partial charge on any atom is 0.134 e. The Balaban J connectivity index is 2.02. The Morgan fingerprint density at radius 1 is 1.53 bits per heavy atom. The van der Waals surface area contributed by atoms with E-state index in [0.29, 0.717) is 18.9 Å². The maximum absolute atomic E-state index is 9.94. The minimum atomic E-state index is -0.604. The summed E-state index contributed by atoms with van der Waals surface area (Å²) in [5, 5.41) is 13.0. The predicted molar refractivity (Wildman–Crippen MR) is 59.4 cm³/mol. The van der Waals surface area contributed by atoms with Gasteiger partial charge >= 0.3 is 0 Å². The number of anilines is 2. The number of ether oxygens (including phenoxy) is 1. The van der Waals surface area contributed by atoms with Gasteiger partial charge in [0.25, 0.3) is 0 Å². The van der Waals surface area contributed by atoms with Crippen LogP contribution in [0.2, 0.25) is 0 Å². The molecule has 4 nitrogen and oxygen atoms in total. The number of benzene rings is 1. The summed E-state index contributed by atoms with van der Waals surface area (Å²) in [7, 11) is 0. The van der Waals surface area contributed by atoms with Gasteiger partial charge in [0.15, 0.2) is 0 Å². The third-order valence-corrected chi connectivity index (χ3v) is 2.71. The number of aliphatic hydroxyl groups is 1. The first-order valence-corrected chi connectivity index (χ1v) is 4.98. The zero-order chi connectivity index (χ0) is 10.9. The SMILES string of the molecule is CC1(C(O)Nc2cccc(N)c2)COC1. The summed E-state index contributed by atoms with van der Waals surface area (Å²) in [4.78, 5) is 0. The first-order valence-electron chi connectivity index (χ1n) is 4.98. The van der Waals surface area contributed by atoms with E-state index in [1.165, 1.54) is 0 Å². The van der Waals surface area contributed by atoms with Crippen LogP contribution in [0.15, 0.2) is 24.3 Å². The first kappa shape index (κ1) is 10.3. The molecule has 82 valence electrons. The van der Waals surface area contributed by atoms with Crippen LogP contribution >= 0.6 is 0 Å². The molecule has 4 heteroatoms. The molecule has 1 saturated heterocycles. The Hall–Kier alpha value is -1.26. The Kier molecular flexibility index (Phi) is 2.54. The normalized spacial score (nSPS) is 20.4. The van der Waals surface area contributed by atoms with Gasteiger partial charge in [-0.15, -0.1) is 0 Å². The number of nitrogen functional groups attached to an aromatic ring is 1. The number of aliphatic hydroxyl groups excluding tert-OH is 1. The van der Waals surface area contributed by atoms with Gasteiger partial charge in [0, 0.05) is 11.4 Å². The van der Waals surface area contributed by atoms with Crippen LogP contribution in [0.4, 0.5) is 11.4 Å². The smallest absolute Gasteiger partial charge is 0.134 e. The molecule has 1 fully saturated rings. The van der Waals surface area contributed by atoms with Gasteiger partial charge in [-0.3, -0.25) is 0 Å². The standard InChI is InChI=1S/C11H16N2O2/c1-11(6-15-7-11)10(14)13-9-4-2-3-8(12)5-9/h2-5,10,13-14H,6-7,12H2,1H3. The summed E-state index contributed by atoms with van der Waals surface area (Å²) in [6, 6.07) is 7.34. The van der Waals surface area contributed by atoms with E-state index in [2.05, 4.69) is 5.32 Å². The molecule has 1 atom stereocenters. The quantitative estimate of drug-likeness (QED) is 0.513. The van der Waals surface area contributed by atoms with E-state index in [1.807, 2.05) is 25.1 Å². The number of hydrogen-bond donors (Lipinski definition) is 3. The van der Waals surface area contributed by atoms with Gasteiger partial charge in [-0.1, -0.05) is 13.0 Å². The molecule has 0 spiro atoms. The molecule has 0 aliphatic carbocycles. The lowest BCUT2D eigenvalue weighted by Gasteiger charge is -2.42. The fraction of sp³-hybridized carbons (Fsp3) is 0.455. The highest BCUT2D eigenvalue weighted by Gasteiger charge is 2.40. The maximum atomic E-state index is 9.94. The summed E-state index contributed by atoms with van der Waals surface area (Å²) >= 11 is 0. The highest BCUT2D eigenvalue weighted by molar-refractivity contribution is 5.54. The van der Waals surface area contributed by atoms with E-state index in [4.69, 9.17) is 10.5 Å². The third kappa shape index (κ3) is 2.06. The number of hydrogen-bond acceptors (Lipinski definition) is 4. The molecule has 0 saturated carbocycles. The van der Waals surface area contributed by atoms with Crippen molar-refractivity contribution < 1.29 is 9.84 Å². The monoisotopic (exact) mass is 208 g/mol. The Bertz CT molecular complexity index is 350. The molecule has 1 aliphatic rings. The molecular weight excluding hydrogens is 192 g/mol. The minimum absolute atomic E-state index is 0.190. The van der Waals surface area contributed by atoms with Crippen LogP contribution in [-0.4, -0.2) is 24.5 Å². The predicted octanol–water partition coefficient (Wildman–Crippen LogP) is 1.04. The second-order valence-corrected chi connectivity index (χ2v) is 4.32. The molecule has 1 aromatic rings. The van der Waals surface area contributed by atoms with Crippen LogP contribution in [0.3, 0.4) is 0 Å². The van der Waals surface area contributed by atoms with Gasteiger partial charge in [0.2, 0.25) is 0 Å². The fourth-order valence-electron chi connectivity index (χ4n) is 1.54. The molecule has 0 amide bonds. The second kappa shape index (κ2) is 3.72. The van der Waals surface area contributed by atoms with Gasteiger partial charge < -0.3 is 20.9 Å². The minimum Gasteiger partial charge on any atom is -0.399 e. The number of nitrogens with two attached hydrogens (primary N) is 1. The van der Waals surface area contributed by atoms with Crippen molar-refractivity contribution >= 4 is 11.4 Å². The van der Waals surface area contributed by atoms with Crippen molar-refractivity contribution in [2.75, 3.05) is 24.3 Å². The molecule has 15 heavy (non-hydrogen) atoms. The van der Waals surface area contributed by atoms with Crippen molar-refractivity contribution in [1.82, 2.24) is 0 Å².